The molecule has 0 saturated heterocycles. The zero-order valence-corrected chi connectivity index (χ0v) is 13.6. The Bertz CT molecular complexity index is 745. The average Bonchev–Trinajstić information content (AvgIpc) is 2.47. The minimum Gasteiger partial charge on any atom is -0.262 e. The maximum atomic E-state index is 10.6. The molecule has 1 heterocycles. The lowest BCUT2D eigenvalue weighted by Crippen LogP contribution is -1.89. The highest BCUT2D eigenvalue weighted by atomic mass is 79.9. The highest BCUT2D eigenvalue weighted by molar-refractivity contribution is 9.11. The van der Waals surface area contributed by atoms with E-state index in [1.165, 1.54) is 12.1 Å². The molecule has 7 heteroatoms. The Morgan fingerprint density at radius 2 is 1.81 bits per heavy atom. The zero-order valence-electron chi connectivity index (χ0n) is 10.5. The van der Waals surface area contributed by atoms with Crippen LogP contribution >= 0.6 is 31.9 Å². The van der Waals surface area contributed by atoms with Crippen LogP contribution in [0.4, 0.5) is 5.69 Å². The molecular weight excluding hydrogens is 402 g/mol. The smallest absolute Gasteiger partial charge is 0.262 e. The Hall–Kier alpha value is -2.04. The van der Waals surface area contributed by atoms with Crippen LogP contribution in [0.3, 0.4) is 0 Å². The normalized spacial score (nSPS) is 11.0. The predicted octanol–water partition coefficient (Wildman–Crippen LogP) is 4.58. The van der Waals surface area contributed by atoms with Gasteiger partial charge in [-0.15, -0.1) is 0 Å². The van der Waals surface area contributed by atoms with Crippen molar-refractivity contribution in [2.45, 2.75) is 0 Å². The number of allylic oxidation sites excluding steroid dienone is 1. The number of rotatable bonds is 3. The van der Waals surface area contributed by atoms with Crippen LogP contribution in [0.1, 0.15) is 11.1 Å². The lowest BCUT2D eigenvalue weighted by Gasteiger charge is -2.03. The van der Waals surface area contributed by atoms with Gasteiger partial charge in [0.05, 0.1) is 16.6 Å². The molecule has 0 fully saturated rings. The van der Waals surface area contributed by atoms with Crippen LogP contribution in [0.5, 0.6) is 0 Å². The Morgan fingerprint density at radius 1 is 1.24 bits per heavy atom. The molecule has 5 nitrogen and oxygen atoms in total. The van der Waals surface area contributed by atoms with Crippen LogP contribution < -0.4 is 0 Å². The van der Waals surface area contributed by atoms with Crippen molar-refractivity contribution in [3.05, 3.63) is 66.8 Å². The fourth-order valence-corrected chi connectivity index (χ4v) is 2.80. The van der Waals surface area contributed by atoms with Crippen molar-refractivity contribution in [2.75, 3.05) is 0 Å². The van der Waals surface area contributed by atoms with E-state index in [-0.39, 0.29) is 5.69 Å². The van der Waals surface area contributed by atoms with E-state index in [0.717, 1.165) is 14.5 Å². The van der Waals surface area contributed by atoms with Crippen LogP contribution in [0.2, 0.25) is 0 Å². The van der Waals surface area contributed by atoms with Crippen LogP contribution in [0.15, 0.2) is 45.6 Å². The molecule has 104 valence electrons. The summed E-state index contributed by atoms with van der Waals surface area (Å²) in [5.74, 6) is 0. The van der Waals surface area contributed by atoms with Gasteiger partial charge in [0.2, 0.25) is 0 Å². The van der Waals surface area contributed by atoms with Gasteiger partial charge in [-0.3, -0.25) is 15.1 Å². The van der Waals surface area contributed by atoms with E-state index in [1.807, 2.05) is 0 Å². The Morgan fingerprint density at radius 3 is 2.29 bits per heavy atom. The molecule has 0 atom stereocenters. The second-order valence-corrected chi connectivity index (χ2v) is 5.70. The number of non-ortho nitro benzene ring substituents is 1. The van der Waals surface area contributed by atoms with Crippen LogP contribution in [0.25, 0.3) is 11.6 Å². The van der Waals surface area contributed by atoms with Crippen molar-refractivity contribution in [3.63, 3.8) is 0 Å². The zero-order chi connectivity index (χ0) is 15.4. The fourth-order valence-electron chi connectivity index (χ4n) is 1.65. The third-order valence-corrected chi connectivity index (χ3v) is 3.95. The first kappa shape index (κ1) is 15.4. The minimum atomic E-state index is -0.477. The number of nitro benzene ring substituents is 1. The number of halogens is 2. The van der Waals surface area contributed by atoms with E-state index in [9.17, 15) is 15.4 Å². The molecule has 0 aliphatic heterocycles. The molecule has 0 radical (unpaired) electrons. The summed E-state index contributed by atoms with van der Waals surface area (Å²) in [4.78, 5) is 14.2. The molecule has 0 amide bonds. The van der Waals surface area contributed by atoms with Gasteiger partial charge in [-0.05, 0) is 55.6 Å². The van der Waals surface area contributed by atoms with Gasteiger partial charge in [-0.2, -0.15) is 5.26 Å². The van der Waals surface area contributed by atoms with Crippen LogP contribution in [0, 0.1) is 21.4 Å². The van der Waals surface area contributed by atoms with Crippen molar-refractivity contribution in [1.82, 2.24) is 4.98 Å². The van der Waals surface area contributed by atoms with Crippen molar-refractivity contribution >= 4 is 49.2 Å². The first-order valence-electron chi connectivity index (χ1n) is 5.68. The molecule has 1 aromatic carbocycles. The lowest BCUT2D eigenvalue weighted by molar-refractivity contribution is -0.384. The third kappa shape index (κ3) is 3.54. The molecule has 0 unspecified atom stereocenters. The van der Waals surface area contributed by atoms with Crippen LogP contribution in [-0.4, -0.2) is 9.91 Å². The molecule has 0 spiro atoms. The molecule has 21 heavy (non-hydrogen) atoms. The van der Waals surface area contributed by atoms with Gasteiger partial charge in [-0.1, -0.05) is 0 Å². The van der Waals surface area contributed by atoms with E-state index >= 15 is 0 Å². The number of nitro groups is 1. The number of hydrogen-bond acceptors (Lipinski definition) is 4. The first-order chi connectivity index (χ1) is 10.0. The molecule has 0 saturated carbocycles. The molecule has 1 aromatic heterocycles. The number of nitrogens with zero attached hydrogens (tertiary/aromatic N) is 3. The summed E-state index contributed by atoms with van der Waals surface area (Å²) >= 11 is 6.74. The molecule has 0 N–H and O–H groups in total. The van der Waals surface area contributed by atoms with Gasteiger partial charge in [0.25, 0.3) is 5.69 Å². The first-order valence-corrected chi connectivity index (χ1v) is 7.27. The maximum Gasteiger partial charge on any atom is 0.269 e. The van der Waals surface area contributed by atoms with Gasteiger partial charge in [0.15, 0.2) is 0 Å². The molecule has 0 aliphatic carbocycles. The minimum absolute atomic E-state index is 0.0117. The largest absolute Gasteiger partial charge is 0.269 e. The van der Waals surface area contributed by atoms with E-state index in [4.69, 9.17) is 0 Å². The van der Waals surface area contributed by atoms with Gasteiger partial charge in [0, 0.05) is 39.0 Å². The highest BCUT2D eigenvalue weighted by Gasteiger charge is 2.09. The van der Waals surface area contributed by atoms with Crippen molar-refractivity contribution < 1.29 is 4.92 Å². The Labute approximate surface area is 137 Å². The number of aromatic nitrogens is 1. The van der Waals surface area contributed by atoms with Gasteiger partial charge < -0.3 is 0 Å². The third-order valence-electron chi connectivity index (χ3n) is 2.69. The Balaban J connectivity index is 2.47. The SMILES string of the molecule is N#C/C(=C\c1c(Br)cncc1Br)c1ccc([N+](=O)[O-])cc1. The summed E-state index contributed by atoms with van der Waals surface area (Å²) in [5, 5.41) is 19.9. The molecular formula is C14H7Br2N3O2. The molecule has 2 aromatic rings. The number of hydrogen-bond donors (Lipinski definition) is 0. The summed E-state index contributed by atoms with van der Waals surface area (Å²) < 4.78 is 1.48. The van der Waals surface area contributed by atoms with Crippen molar-refractivity contribution in [2.24, 2.45) is 0 Å². The number of benzene rings is 1. The number of pyridine rings is 1. The highest BCUT2D eigenvalue weighted by Crippen LogP contribution is 2.29. The van der Waals surface area contributed by atoms with Crippen LogP contribution in [-0.2, 0) is 0 Å². The molecule has 0 bridgehead atoms. The molecule has 0 aliphatic rings. The van der Waals surface area contributed by atoms with E-state index in [1.54, 1.807) is 30.6 Å². The van der Waals surface area contributed by atoms with E-state index < -0.39 is 4.92 Å². The average molecular weight is 409 g/mol. The lowest BCUT2D eigenvalue weighted by atomic mass is 10.0. The summed E-state index contributed by atoms with van der Waals surface area (Å²) in [7, 11) is 0. The summed E-state index contributed by atoms with van der Waals surface area (Å²) in [5.41, 5.74) is 1.78. The van der Waals surface area contributed by atoms with E-state index in [2.05, 4.69) is 42.9 Å². The molecule has 2 rings (SSSR count). The Kier molecular flexibility index (Phi) is 4.83. The quantitative estimate of drug-likeness (QED) is 0.423. The summed E-state index contributed by atoms with van der Waals surface area (Å²) in [6, 6.07) is 7.95. The topological polar surface area (TPSA) is 79.8 Å². The standard InChI is InChI=1S/C14H7Br2N3O2/c15-13-7-18-8-14(16)12(13)5-10(6-17)9-1-3-11(4-2-9)19(20)21/h1-5,7-8H/b10-5+. The number of nitriles is 1. The van der Waals surface area contributed by atoms with Crippen molar-refractivity contribution in [3.8, 4) is 6.07 Å². The van der Waals surface area contributed by atoms with Gasteiger partial charge in [-0.25, -0.2) is 0 Å². The summed E-state index contributed by atoms with van der Waals surface area (Å²) in [6.07, 6.45) is 4.94. The van der Waals surface area contributed by atoms with Gasteiger partial charge in [0.1, 0.15) is 0 Å². The monoisotopic (exact) mass is 407 g/mol. The maximum absolute atomic E-state index is 10.6. The van der Waals surface area contributed by atoms with E-state index in [0.29, 0.717) is 11.1 Å². The van der Waals surface area contributed by atoms with Crippen molar-refractivity contribution in [1.29, 1.82) is 5.26 Å². The predicted molar refractivity (Wildman–Crippen MR) is 86.2 cm³/mol. The summed E-state index contributed by atoms with van der Waals surface area (Å²) in [6.45, 7) is 0. The van der Waals surface area contributed by atoms with Gasteiger partial charge >= 0.3 is 0 Å². The second-order valence-electron chi connectivity index (χ2n) is 3.99. The second kappa shape index (κ2) is 6.61. The fraction of sp³-hybridized carbons (Fsp3) is 0.